The summed E-state index contributed by atoms with van der Waals surface area (Å²) in [4.78, 5) is 48.4. The van der Waals surface area contributed by atoms with Crippen LogP contribution in [0.5, 0.6) is 0 Å². The van der Waals surface area contributed by atoms with Gasteiger partial charge in [-0.25, -0.2) is 4.79 Å². The zero-order chi connectivity index (χ0) is 20.2. The molecule has 1 atom stereocenters. The molecule has 1 amide bonds. The van der Waals surface area contributed by atoms with Gasteiger partial charge >= 0.3 is 35.2 Å². The molecule has 2 N–H and O–H groups in total. The number of carboxylic acids is 1. The Bertz CT molecular complexity index is 729. The zero-order valence-corrected chi connectivity index (χ0v) is 19.2. The van der Waals surface area contributed by atoms with Crippen molar-refractivity contribution in [2.45, 2.75) is 84.2 Å². The van der Waals surface area contributed by atoms with Crippen molar-refractivity contribution in [1.29, 1.82) is 0 Å². The second-order valence-corrected chi connectivity index (χ2v) is 6.90. The van der Waals surface area contributed by atoms with E-state index in [1.54, 1.807) is 0 Å². The van der Waals surface area contributed by atoms with E-state index in [0.717, 1.165) is 23.8 Å². The maximum atomic E-state index is 12.1. The fourth-order valence-electron chi connectivity index (χ4n) is 2.86. The van der Waals surface area contributed by atoms with E-state index in [9.17, 15) is 24.3 Å². The Labute approximate surface area is 187 Å². The molecule has 0 aromatic carbocycles. The molecular formula is C19H30N3NaO5. The second-order valence-electron chi connectivity index (χ2n) is 6.90. The van der Waals surface area contributed by atoms with Crippen molar-refractivity contribution in [2.24, 2.45) is 0 Å². The summed E-state index contributed by atoms with van der Waals surface area (Å²) in [5, 5.41) is 13.6. The quantitative estimate of drug-likeness (QED) is 0.281. The molecule has 1 unspecified atom stereocenters. The van der Waals surface area contributed by atoms with Crippen molar-refractivity contribution in [3.63, 3.8) is 0 Å². The van der Waals surface area contributed by atoms with Crippen LogP contribution in [0, 0.1) is 6.92 Å². The standard InChI is InChI=1S/C19H31N3O5.Na/c1-3-4-5-6-7-8-9-10-11-15(18(25)26)20-16(23)13-22-12-14(2)17(24)21-19(22)27;/h12,15H,3-11,13H2,1-2H3,(H,20,23)(H,25,26)(H,21,24,27);/q;+1/p-1. The average Bonchev–Trinajstić information content (AvgIpc) is 2.60. The smallest absolute Gasteiger partial charge is 0.548 e. The number of nitrogens with one attached hydrogen (secondary N) is 2. The van der Waals surface area contributed by atoms with Gasteiger partial charge in [-0.3, -0.25) is 19.1 Å². The summed E-state index contributed by atoms with van der Waals surface area (Å²) < 4.78 is 1.04. The van der Waals surface area contributed by atoms with Gasteiger partial charge in [0.25, 0.3) is 5.56 Å². The van der Waals surface area contributed by atoms with Gasteiger partial charge in [0.2, 0.25) is 5.91 Å². The number of aromatic amines is 1. The molecule has 0 aliphatic heterocycles. The predicted molar refractivity (Wildman–Crippen MR) is 100 cm³/mol. The van der Waals surface area contributed by atoms with Crippen LogP contribution in [-0.4, -0.2) is 27.5 Å². The van der Waals surface area contributed by atoms with Gasteiger partial charge < -0.3 is 15.2 Å². The summed E-state index contributed by atoms with van der Waals surface area (Å²) in [6.07, 6.45) is 10.2. The van der Waals surface area contributed by atoms with Gasteiger partial charge in [-0.05, 0) is 13.3 Å². The number of hydrogen-bond acceptors (Lipinski definition) is 5. The Morgan fingerprint density at radius 2 is 1.68 bits per heavy atom. The first-order valence-electron chi connectivity index (χ1n) is 9.65. The van der Waals surface area contributed by atoms with Gasteiger partial charge in [0.05, 0.1) is 12.0 Å². The van der Waals surface area contributed by atoms with Crippen molar-refractivity contribution in [3.05, 3.63) is 32.6 Å². The molecule has 0 aliphatic rings. The van der Waals surface area contributed by atoms with Crippen molar-refractivity contribution in [1.82, 2.24) is 14.9 Å². The van der Waals surface area contributed by atoms with Crippen LogP contribution in [0.4, 0.5) is 0 Å². The molecule has 0 radical (unpaired) electrons. The van der Waals surface area contributed by atoms with E-state index in [1.807, 2.05) is 0 Å². The molecule has 0 spiro atoms. The summed E-state index contributed by atoms with van der Waals surface area (Å²) in [6, 6.07) is -1.09. The molecule has 0 saturated carbocycles. The fourth-order valence-corrected chi connectivity index (χ4v) is 2.86. The molecule has 0 bridgehead atoms. The van der Waals surface area contributed by atoms with Gasteiger partial charge in [-0.15, -0.1) is 0 Å². The van der Waals surface area contributed by atoms with Crippen molar-refractivity contribution < 1.29 is 44.3 Å². The average molecular weight is 403 g/mol. The number of carbonyl (C=O) groups excluding carboxylic acids is 2. The van der Waals surface area contributed by atoms with Crippen LogP contribution in [0.2, 0.25) is 0 Å². The number of aryl methyl sites for hydroxylation is 1. The van der Waals surface area contributed by atoms with Crippen LogP contribution in [0.25, 0.3) is 0 Å². The van der Waals surface area contributed by atoms with E-state index in [0.29, 0.717) is 12.8 Å². The number of H-pyrrole nitrogens is 1. The van der Waals surface area contributed by atoms with Gasteiger partial charge in [0.15, 0.2) is 0 Å². The van der Waals surface area contributed by atoms with Crippen molar-refractivity contribution >= 4 is 11.9 Å². The molecule has 8 nitrogen and oxygen atoms in total. The van der Waals surface area contributed by atoms with Gasteiger partial charge in [-0.1, -0.05) is 58.3 Å². The molecule has 28 heavy (non-hydrogen) atoms. The summed E-state index contributed by atoms with van der Waals surface area (Å²) in [5.41, 5.74) is -0.939. The second kappa shape index (κ2) is 14.6. The van der Waals surface area contributed by atoms with Crippen LogP contribution in [0.15, 0.2) is 15.8 Å². The predicted octanol–water partition coefficient (Wildman–Crippen LogP) is -2.39. The van der Waals surface area contributed by atoms with Gasteiger partial charge in [0.1, 0.15) is 6.54 Å². The summed E-state index contributed by atoms with van der Waals surface area (Å²) in [6.45, 7) is 3.32. The first-order chi connectivity index (χ1) is 12.8. The molecule has 1 rings (SSSR count). The Morgan fingerprint density at radius 1 is 1.11 bits per heavy atom. The Kier molecular flexibility index (Phi) is 13.9. The van der Waals surface area contributed by atoms with E-state index >= 15 is 0 Å². The first kappa shape index (κ1) is 26.6. The third kappa shape index (κ3) is 10.2. The number of carboxylic acid groups (broad SMARTS) is 1. The van der Waals surface area contributed by atoms with Gasteiger partial charge in [0, 0.05) is 11.8 Å². The third-order valence-corrected chi connectivity index (χ3v) is 4.47. The number of aromatic nitrogens is 2. The van der Waals surface area contributed by atoms with Crippen molar-refractivity contribution in [3.8, 4) is 0 Å². The van der Waals surface area contributed by atoms with Crippen LogP contribution in [0.3, 0.4) is 0 Å². The van der Waals surface area contributed by atoms with Crippen LogP contribution >= 0.6 is 0 Å². The Morgan fingerprint density at radius 3 is 2.25 bits per heavy atom. The largest absolute Gasteiger partial charge is 1.00 e. The van der Waals surface area contributed by atoms with E-state index in [-0.39, 0.29) is 41.7 Å². The first-order valence-corrected chi connectivity index (χ1v) is 9.65. The molecule has 1 heterocycles. The number of carbonyl (C=O) groups is 2. The normalized spacial score (nSPS) is 11.5. The van der Waals surface area contributed by atoms with E-state index in [2.05, 4.69) is 17.2 Å². The Balaban J connectivity index is 0.00000729. The summed E-state index contributed by atoms with van der Waals surface area (Å²) >= 11 is 0. The molecular weight excluding hydrogens is 373 g/mol. The molecule has 0 fully saturated rings. The molecule has 1 aromatic rings. The van der Waals surface area contributed by atoms with E-state index in [4.69, 9.17) is 0 Å². The molecule has 152 valence electrons. The van der Waals surface area contributed by atoms with Crippen LogP contribution in [0.1, 0.15) is 70.3 Å². The number of nitrogens with zero attached hydrogens (tertiary/aromatic N) is 1. The van der Waals surface area contributed by atoms with E-state index < -0.39 is 29.2 Å². The summed E-state index contributed by atoms with van der Waals surface area (Å²) in [7, 11) is 0. The number of hydrogen-bond donors (Lipinski definition) is 2. The Hall–Kier alpha value is -1.38. The topological polar surface area (TPSA) is 124 Å². The maximum absolute atomic E-state index is 12.1. The van der Waals surface area contributed by atoms with Gasteiger partial charge in [-0.2, -0.15) is 0 Å². The zero-order valence-electron chi connectivity index (χ0n) is 17.2. The molecule has 0 aliphatic carbocycles. The number of amides is 1. The monoisotopic (exact) mass is 403 g/mol. The maximum Gasteiger partial charge on any atom is 1.00 e. The minimum atomic E-state index is -1.34. The third-order valence-electron chi connectivity index (χ3n) is 4.47. The summed E-state index contributed by atoms with van der Waals surface area (Å²) in [5.74, 6) is -1.95. The molecule has 1 aromatic heterocycles. The minimum absolute atomic E-state index is 0. The SMILES string of the molecule is CCCCCCCCCCC(NC(=O)Cn1cc(C)c(=O)[nH]c1=O)C(=O)[O-].[Na+]. The van der Waals surface area contributed by atoms with Crippen molar-refractivity contribution in [2.75, 3.05) is 0 Å². The van der Waals surface area contributed by atoms with Crippen LogP contribution < -0.4 is 51.2 Å². The van der Waals surface area contributed by atoms with Crippen LogP contribution in [-0.2, 0) is 16.1 Å². The molecule has 9 heteroatoms. The van der Waals surface area contributed by atoms with E-state index in [1.165, 1.54) is 38.8 Å². The number of aliphatic carboxylic acids is 1. The number of unbranched alkanes of at least 4 members (excludes halogenated alkanes) is 7. The molecule has 0 saturated heterocycles. The minimum Gasteiger partial charge on any atom is -0.548 e. The number of rotatable bonds is 13. The fraction of sp³-hybridized carbons (Fsp3) is 0.684.